The van der Waals surface area contributed by atoms with Crippen LogP contribution in [0.4, 0.5) is 0 Å². The van der Waals surface area contributed by atoms with E-state index < -0.39 is 0 Å². The Morgan fingerprint density at radius 2 is 1.57 bits per heavy atom. The van der Waals surface area contributed by atoms with Crippen LogP contribution in [0.5, 0.6) is 5.75 Å². The standard InChI is InChI=1S/C16H11N5OS/c22-13-7-5-12(6-8-13)16-17-14(9-23-16)10-1-3-11(4-2-10)15-18-20-21-19-15/h1-9,22H,(H,18,19,20,21). The van der Waals surface area contributed by atoms with Crippen molar-refractivity contribution in [3.8, 4) is 39.0 Å². The molecule has 2 aromatic carbocycles. The lowest BCUT2D eigenvalue weighted by molar-refractivity contribution is 0.475. The van der Waals surface area contributed by atoms with Gasteiger partial charge in [-0.25, -0.2) is 4.98 Å². The summed E-state index contributed by atoms with van der Waals surface area (Å²) in [6.07, 6.45) is 0. The average molecular weight is 321 g/mol. The van der Waals surface area contributed by atoms with Gasteiger partial charge >= 0.3 is 0 Å². The number of nitrogens with one attached hydrogen (secondary N) is 1. The van der Waals surface area contributed by atoms with Crippen LogP contribution in [0.15, 0.2) is 53.9 Å². The second-order valence-corrected chi connectivity index (χ2v) is 5.76. The number of thiazole rings is 1. The van der Waals surface area contributed by atoms with E-state index in [-0.39, 0.29) is 5.75 Å². The minimum atomic E-state index is 0.252. The summed E-state index contributed by atoms with van der Waals surface area (Å²) in [5.74, 6) is 0.821. The van der Waals surface area contributed by atoms with Crippen LogP contribution in [0.3, 0.4) is 0 Å². The molecule has 23 heavy (non-hydrogen) atoms. The maximum absolute atomic E-state index is 9.36. The lowest BCUT2D eigenvalue weighted by Gasteiger charge is -1.99. The Morgan fingerprint density at radius 3 is 2.26 bits per heavy atom. The number of hydrogen-bond acceptors (Lipinski definition) is 6. The molecule has 0 aliphatic carbocycles. The van der Waals surface area contributed by atoms with Crippen molar-refractivity contribution in [3.63, 3.8) is 0 Å². The van der Waals surface area contributed by atoms with Crippen molar-refractivity contribution in [2.75, 3.05) is 0 Å². The van der Waals surface area contributed by atoms with Gasteiger partial charge < -0.3 is 5.11 Å². The molecule has 2 heterocycles. The number of H-pyrrole nitrogens is 1. The third-order valence-electron chi connectivity index (χ3n) is 3.40. The van der Waals surface area contributed by atoms with Crippen LogP contribution >= 0.6 is 11.3 Å². The van der Waals surface area contributed by atoms with E-state index in [1.165, 1.54) is 0 Å². The van der Waals surface area contributed by atoms with Crippen LogP contribution < -0.4 is 0 Å². The first-order valence-electron chi connectivity index (χ1n) is 6.89. The van der Waals surface area contributed by atoms with Crippen LogP contribution in [0.25, 0.3) is 33.2 Å². The zero-order valence-electron chi connectivity index (χ0n) is 11.8. The van der Waals surface area contributed by atoms with Crippen LogP contribution in [0.2, 0.25) is 0 Å². The molecule has 112 valence electrons. The van der Waals surface area contributed by atoms with Crippen molar-refractivity contribution in [3.05, 3.63) is 53.9 Å². The number of hydrogen-bond donors (Lipinski definition) is 2. The summed E-state index contributed by atoms with van der Waals surface area (Å²) in [4.78, 5) is 4.66. The third kappa shape index (κ3) is 2.69. The summed E-state index contributed by atoms with van der Waals surface area (Å²) in [5, 5.41) is 26.2. The van der Waals surface area contributed by atoms with Crippen LogP contribution in [0.1, 0.15) is 0 Å². The lowest BCUT2D eigenvalue weighted by Crippen LogP contribution is -1.83. The fraction of sp³-hybridized carbons (Fsp3) is 0. The zero-order chi connectivity index (χ0) is 15.6. The molecule has 0 saturated carbocycles. The fourth-order valence-corrected chi connectivity index (χ4v) is 3.05. The van der Waals surface area contributed by atoms with Gasteiger partial charge in [-0.3, -0.25) is 0 Å². The number of nitrogens with zero attached hydrogens (tertiary/aromatic N) is 4. The summed E-state index contributed by atoms with van der Waals surface area (Å²) in [6.45, 7) is 0. The summed E-state index contributed by atoms with van der Waals surface area (Å²) in [7, 11) is 0. The molecule has 0 aliphatic heterocycles. The van der Waals surface area contributed by atoms with E-state index in [9.17, 15) is 5.11 Å². The molecule has 0 amide bonds. The van der Waals surface area contributed by atoms with Crippen molar-refractivity contribution < 1.29 is 5.11 Å². The molecule has 0 radical (unpaired) electrons. The highest BCUT2D eigenvalue weighted by Gasteiger charge is 2.08. The highest BCUT2D eigenvalue weighted by Crippen LogP contribution is 2.30. The number of benzene rings is 2. The maximum atomic E-state index is 9.36. The Hall–Kier alpha value is -3.06. The second kappa shape index (κ2) is 5.62. The van der Waals surface area contributed by atoms with Crippen LogP contribution in [-0.2, 0) is 0 Å². The molecule has 0 unspecified atom stereocenters. The van der Waals surface area contributed by atoms with Crippen molar-refractivity contribution in [2.45, 2.75) is 0 Å². The third-order valence-corrected chi connectivity index (χ3v) is 4.29. The number of aromatic nitrogens is 5. The van der Waals surface area contributed by atoms with Crippen LogP contribution in [0, 0.1) is 0 Å². The van der Waals surface area contributed by atoms with Gasteiger partial charge in [0.05, 0.1) is 5.69 Å². The molecule has 0 aliphatic rings. The predicted octanol–water partition coefficient (Wildman–Crippen LogP) is 3.36. The van der Waals surface area contributed by atoms with Gasteiger partial charge in [0, 0.05) is 22.1 Å². The number of tetrazole rings is 1. The van der Waals surface area contributed by atoms with Crippen molar-refractivity contribution in [2.24, 2.45) is 0 Å². The molecule has 6 nitrogen and oxygen atoms in total. The number of phenolic OH excluding ortho intramolecular Hbond substituents is 1. The first-order chi connectivity index (χ1) is 11.3. The molecule has 0 fully saturated rings. The Labute approximate surface area is 135 Å². The molecule has 2 N–H and O–H groups in total. The van der Waals surface area contributed by atoms with E-state index in [1.54, 1.807) is 23.5 Å². The summed E-state index contributed by atoms with van der Waals surface area (Å²) >= 11 is 1.57. The van der Waals surface area contributed by atoms with Gasteiger partial charge in [0.1, 0.15) is 10.8 Å². The number of rotatable bonds is 3. The molecule has 0 bridgehead atoms. The minimum Gasteiger partial charge on any atom is -0.508 e. The highest BCUT2D eigenvalue weighted by atomic mass is 32.1. The van der Waals surface area contributed by atoms with Gasteiger partial charge in [0.25, 0.3) is 0 Å². The Morgan fingerprint density at radius 1 is 0.870 bits per heavy atom. The zero-order valence-corrected chi connectivity index (χ0v) is 12.7. The van der Waals surface area contributed by atoms with Gasteiger partial charge in [-0.2, -0.15) is 5.21 Å². The van der Waals surface area contributed by atoms with Crippen molar-refractivity contribution >= 4 is 11.3 Å². The van der Waals surface area contributed by atoms with Gasteiger partial charge in [-0.1, -0.05) is 24.3 Å². The second-order valence-electron chi connectivity index (χ2n) is 4.90. The first-order valence-corrected chi connectivity index (χ1v) is 7.77. The predicted molar refractivity (Wildman–Crippen MR) is 87.8 cm³/mol. The number of aromatic amines is 1. The van der Waals surface area contributed by atoms with E-state index in [2.05, 4.69) is 25.6 Å². The summed E-state index contributed by atoms with van der Waals surface area (Å²) in [5.41, 5.74) is 3.83. The molecule has 0 spiro atoms. The highest BCUT2D eigenvalue weighted by molar-refractivity contribution is 7.13. The van der Waals surface area contributed by atoms with E-state index in [4.69, 9.17) is 0 Å². The van der Waals surface area contributed by atoms with Crippen molar-refractivity contribution in [1.82, 2.24) is 25.6 Å². The summed E-state index contributed by atoms with van der Waals surface area (Å²) in [6, 6.07) is 14.9. The average Bonchev–Trinajstić information content (AvgIpc) is 3.28. The van der Waals surface area contributed by atoms with Gasteiger partial charge in [-0.15, -0.1) is 21.5 Å². The van der Waals surface area contributed by atoms with Crippen LogP contribution in [-0.4, -0.2) is 30.7 Å². The maximum Gasteiger partial charge on any atom is 0.204 e. The molecular formula is C16H11N5OS. The minimum absolute atomic E-state index is 0.252. The summed E-state index contributed by atoms with van der Waals surface area (Å²) < 4.78 is 0. The Balaban J connectivity index is 1.62. The largest absolute Gasteiger partial charge is 0.508 e. The van der Waals surface area contributed by atoms with Crippen molar-refractivity contribution in [1.29, 1.82) is 0 Å². The van der Waals surface area contributed by atoms with E-state index >= 15 is 0 Å². The van der Waals surface area contributed by atoms with E-state index in [0.717, 1.165) is 27.4 Å². The topological polar surface area (TPSA) is 87.6 Å². The molecule has 0 atom stereocenters. The molecule has 4 rings (SSSR count). The van der Waals surface area contributed by atoms with Gasteiger partial charge in [-0.05, 0) is 29.5 Å². The fourth-order valence-electron chi connectivity index (χ4n) is 2.22. The normalized spacial score (nSPS) is 10.8. The quantitative estimate of drug-likeness (QED) is 0.604. The van der Waals surface area contributed by atoms with E-state index in [1.807, 2.05) is 41.8 Å². The van der Waals surface area contributed by atoms with E-state index in [0.29, 0.717) is 5.82 Å². The van der Waals surface area contributed by atoms with Gasteiger partial charge in [0.15, 0.2) is 0 Å². The Kier molecular flexibility index (Phi) is 3.32. The SMILES string of the molecule is Oc1ccc(-c2nc(-c3ccc(-c4nn[nH]n4)cc3)cs2)cc1. The smallest absolute Gasteiger partial charge is 0.204 e. The lowest BCUT2D eigenvalue weighted by atomic mass is 10.1. The molecular weight excluding hydrogens is 310 g/mol. The molecule has 0 saturated heterocycles. The number of phenols is 1. The molecule has 7 heteroatoms. The monoisotopic (exact) mass is 321 g/mol. The molecule has 4 aromatic rings. The molecule has 2 aromatic heterocycles. The number of aromatic hydroxyl groups is 1. The van der Waals surface area contributed by atoms with Gasteiger partial charge in [0.2, 0.25) is 5.82 Å². The Bertz CT molecular complexity index is 914. The first kappa shape index (κ1) is 13.6.